The summed E-state index contributed by atoms with van der Waals surface area (Å²) in [6.45, 7) is 4.26. The summed E-state index contributed by atoms with van der Waals surface area (Å²) in [5.41, 5.74) is -2.64. The second-order valence-corrected chi connectivity index (χ2v) is 9.06. The summed E-state index contributed by atoms with van der Waals surface area (Å²) in [6, 6.07) is 0. The molecule has 0 radical (unpaired) electrons. The topological polar surface area (TPSA) is 74.6 Å². The van der Waals surface area contributed by atoms with E-state index in [0.29, 0.717) is 43.3 Å². The molecule has 0 aromatic rings. The number of hydrogen-bond donors (Lipinski definition) is 2. The highest BCUT2D eigenvalue weighted by atomic mass is 16.4. The third-order valence-corrected chi connectivity index (χ3v) is 8.05. The summed E-state index contributed by atoms with van der Waals surface area (Å²) in [6.07, 6.45) is 4.53. The number of hydrogen-bond acceptors (Lipinski definition) is 4. The minimum absolute atomic E-state index is 0.0216. The molecular weight excluding hydrogens is 292 g/mol. The monoisotopic (exact) mass is 320 g/mol. The van der Waals surface area contributed by atoms with Crippen molar-refractivity contribution in [3.05, 3.63) is 0 Å². The lowest BCUT2D eigenvalue weighted by Gasteiger charge is -2.63. The molecule has 4 aliphatic rings. The Bertz CT molecular complexity index is 572. The van der Waals surface area contributed by atoms with Gasteiger partial charge in [-0.3, -0.25) is 9.59 Å². The van der Waals surface area contributed by atoms with Gasteiger partial charge in [0.2, 0.25) is 0 Å². The molecule has 4 nitrogen and oxygen atoms in total. The van der Waals surface area contributed by atoms with Crippen LogP contribution in [-0.4, -0.2) is 33.0 Å². The summed E-state index contributed by atoms with van der Waals surface area (Å²) in [7, 11) is 0. The first-order valence-corrected chi connectivity index (χ1v) is 9.21. The Morgan fingerprint density at radius 3 is 2.52 bits per heavy atom. The molecule has 0 bridgehead atoms. The number of aliphatic hydroxyl groups is 2. The largest absolute Gasteiger partial charge is 0.387 e. The minimum Gasteiger partial charge on any atom is -0.387 e. The lowest BCUT2D eigenvalue weighted by Crippen LogP contribution is -2.69. The Labute approximate surface area is 137 Å². The van der Waals surface area contributed by atoms with E-state index in [9.17, 15) is 19.8 Å². The van der Waals surface area contributed by atoms with Gasteiger partial charge in [0.25, 0.3) is 0 Å². The van der Waals surface area contributed by atoms with E-state index in [1.54, 1.807) is 0 Å². The van der Waals surface area contributed by atoms with Crippen molar-refractivity contribution in [1.82, 2.24) is 0 Å². The lowest BCUT2D eigenvalue weighted by atomic mass is 9.45. The summed E-state index contributed by atoms with van der Waals surface area (Å²) >= 11 is 0. The molecule has 4 rings (SSSR count). The molecule has 0 aromatic heterocycles. The van der Waals surface area contributed by atoms with Crippen LogP contribution in [0.25, 0.3) is 0 Å². The van der Waals surface area contributed by atoms with Crippen LogP contribution in [0.2, 0.25) is 0 Å². The van der Waals surface area contributed by atoms with Crippen LogP contribution in [0.15, 0.2) is 0 Å². The third kappa shape index (κ3) is 1.85. The van der Waals surface area contributed by atoms with E-state index in [2.05, 4.69) is 13.8 Å². The van der Waals surface area contributed by atoms with E-state index < -0.39 is 11.2 Å². The number of fused-ring (bicyclic) bond motifs is 5. The molecule has 7 atom stereocenters. The van der Waals surface area contributed by atoms with Gasteiger partial charge in [0.1, 0.15) is 17.2 Å². The lowest BCUT2D eigenvalue weighted by molar-refractivity contribution is -0.260. The van der Waals surface area contributed by atoms with Crippen molar-refractivity contribution in [2.45, 2.75) is 76.4 Å². The van der Waals surface area contributed by atoms with Gasteiger partial charge < -0.3 is 10.2 Å². The van der Waals surface area contributed by atoms with Crippen molar-refractivity contribution < 1.29 is 19.8 Å². The van der Waals surface area contributed by atoms with Crippen LogP contribution in [0.1, 0.15) is 65.2 Å². The highest BCUT2D eigenvalue weighted by molar-refractivity contribution is 5.87. The number of carbonyl (C=O) groups excluding carboxylic acids is 2. The zero-order valence-corrected chi connectivity index (χ0v) is 14.2. The first-order chi connectivity index (χ1) is 10.7. The Kier molecular flexibility index (Phi) is 3.20. The normalized spacial score (nSPS) is 56.0. The number of rotatable bonds is 0. The fraction of sp³-hybridized carbons (Fsp3) is 0.895. The van der Waals surface area contributed by atoms with Crippen molar-refractivity contribution in [2.24, 2.45) is 29.1 Å². The summed E-state index contributed by atoms with van der Waals surface area (Å²) in [5.74, 6) is 1.34. The second kappa shape index (κ2) is 4.66. The smallest absolute Gasteiger partial charge is 0.139 e. The van der Waals surface area contributed by atoms with Crippen molar-refractivity contribution in [1.29, 1.82) is 0 Å². The van der Waals surface area contributed by atoms with Crippen LogP contribution < -0.4 is 0 Å². The summed E-state index contributed by atoms with van der Waals surface area (Å²) < 4.78 is 0. The van der Waals surface area contributed by atoms with Gasteiger partial charge in [-0.15, -0.1) is 0 Å². The zero-order chi connectivity index (χ0) is 16.6. The maximum atomic E-state index is 12.4. The van der Waals surface area contributed by atoms with Gasteiger partial charge in [-0.2, -0.15) is 0 Å². The minimum atomic E-state index is -1.26. The first-order valence-electron chi connectivity index (χ1n) is 9.21. The molecule has 4 saturated carbocycles. The molecule has 4 aliphatic carbocycles. The van der Waals surface area contributed by atoms with Crippen LogP contribution in [0.4, 0.5) is 0 Å². The average molecular weight is 320 g/mol. The van der Waals surface area contributed by atoms with E-state index in [-0.39, 0.29) is 29.5 Å². The van der Waals surface area contributed by atoms with Crippen molar-refractivity contribution >= 4 is 11.6 Å². The molecule has 0 spiro atoms. The second-order valence-electron chi connectivity index (χ2n) is 9.06. The Hall–Kier alpha value is -0.740. The van der Waals surface area contributed by atoms with E-state index in [1.165, 1.54) is 0 Å². The quantitative estimate of drug-likeness (QED) is 0.718. The van der Waals surface area contributed by atoms with E-state index >= 15 is 0 Å². The SMILES string of the molecule is C[C@@H]1CC2(O)CC(=O)CCC2(O)C2CC[C@]3(C)C(=O)CCC3C21. The Balaban J connectivity index is 1.74. The molecule has 4 fully saturated rings. The van der Waals surface area contributed by atoms with Crippen molar-refractivity contribution in [2.75, 3.05) is 0 Å². The fourth-order valence-corrected chi connectivity index (χ4v) is 6.90. The van der Waals surface area contributed by atoms with Crippen LogP contribution >= 0.6 is 0 Å². The molecule has 23 heavy (non-hydrogen) atoms. The standard InChI is InChI=1S/C19H28O4/c1-11-9-18(22)10-12(20)5-8-19(18,23)14-6-7-17(2)13(16(11)14)3-4-15(17)21/h11,13-14,16,22-23H,3-10H2,1-2H3/t11-,13?,14?,16?,17+,18?,19?/m1/s1. The van der Waals surface area contributed by atoms with E-state index in [4.69, 9.17) is 0 Å². The molecule has 0 amide bonds. The van der Waals surface area contributed by atoms with Crippen LogP contribution in [0.5, 0.6) is 0 Å². The fourth-order valence-electron chi connectivity index (χ4n) is 6.90. The molecule has 5 unspecified atom stereocenters. The van der Waals surface area contributed by atoms with Gasteiger partial charge in [0.05, 0.1) is 5.60 Å². The number of Topliss-reactive ketones (excluding diaryl/α,β-unsaturated/α-hetero) is 2. The van der Waals surface area contributed by atoms with Gasteiger partial charge in [0, 0.05) is 24.7 Å². The van der Waals surface area contributed by atoms with Gasteiger partial charge in [-0.1, -0.05) is 13.8 Å². The number of carbonyl (C=O) groups is 2. The Morgan fingerprint density at radius 2 is 1.78 bits per heavy atom. The molecule has 0 aliphatic heterocycles. The number of ketones is 2. The maximum absolute atomic E-state index is 12.4. The maximum Gasteiger partial charge on any atom is 0.139 e. The molecule has 0 saturated heterocycles. The zero-order valence-electron chi connectivity index (χ0n) is 14.2. The molecule has 4 heteroatoms. The predicted molar refractivity (Wildman–Crippen MR) is 84.6 cm³/mol. The average Bonchev–Trinajstić information content (AvgIpc) is 2.77. The predicted octanol–water partition coefficient (Wildman–Crippen LogP) is 2.25. The summed E-state index contributed by atoms with van der Waals surface area (Å²) in [4.78, 5) is 24.3. The van der Waals surface area contributed by atoms with Gasteiger partial charge in [0.15, 0.2) is 0 Å². The van der Waals surface area contributed by atoms with Crippen LogP contribution in [0, 0.1) is 29.1 Å². The molecular formula is C19H28O4. The van der Waals surface area contributed by atoms with Crippen molar-refractivity contribution in [3.63, 3.8) is 0 Å². The third-order valence-electron chi connectivity index (χ3n) is 8.05. The highest BCUT2D eigenvalue weighted by Crippen LogP contribution is 2.64. The van der Waals surface area contributed by atoms with Crippen molar-refractivity contribution in [3.8, 4) is 0 Å². The van der Waals surface area contributed by atoms with Crippen LogP contribution in [0.3, 0.4) is 0 Å². The van der Waals surface area contributed by atoms with Gasteiger partial charge >= 0.3 is 0 Å². The first kappa shape index (κ1) is 15.8. The van der Waals surface area contributed by atoms with Gasteiger partial charge in [-0.25, -0.2) is 0 Å². The van der Waals surface area contributed by atoms with Crippen LogP contribution in [-0.2, 0) is 9.59 Å². The molecule has 0 heterocycles. The van der Waals surface area contributed by atoms with E-state index in [1.807, 2.05) is 0 Å². The Morgan fingerprint density at radius 1 is 1.04 bits per heavy atom. The van der Waals surface area contributed by atoms with E-state index in [0.717, 1.165) is 19.3 Å². The summed E-state index contributed by atoms with van der Waals surface area (Å²) in [5, 5.41) is 22.6. The molecule has 0 aromatic carbocycles. The van der Waals surface area contributed by atoms with Gasteiger partial charge in [-0.05, 0) is 55.8 Å². The molecule has 128 valence electrons. The highest BCUT2D eigenvalue weighted by Gasteiger charge is 2.67. The molecule has 2 N–H and O–H groups in total.